The van der Waals surface area contributed by atoms with Gasteiger partial charge in [-0.25, -0.2) is 4.98 Å². The van der Waals surface area contributed by atoms with Gasteiger partial charge >= 0.3 is 0 Å². The van der Waals surface area contributed by atoms with E-state index < -0.39 is 0 Å². The lowest BCUT2D eigenvalue weighted by molar-refractivity contribution is 0.0873. The van der Waals surface area contributed by atoms with E-state index in [1.807, 2.05) is 30.3 Å². The van der Waals surface area contributed by atoms with Crippen LogP contribution in [0.1, 0.15) is 36.0 Å². The zero-order valence-electron chi connectivity index (χ0n) is 13.5. The molecular weight excluding hydrogens is 304 g/mol. The van der Waals surface area contributed by atoms with E-state index in [9.17, 15) is 9.90 Å². The molecule has 3 rings (SSSR count). The van der Waals surface area contributed by atoms with Gasteiger partial charge in [-0.3, -0.25) is 4.79 Å². The fraction of sp³-hybridized carbons (Fsp3) is 0.368. The Hall–Kier alpha value is -2.40. The number of ether oxygens (including phenoxy) is 1. The van der Waals surface area contributed by atoms with Gasteiger partial charge in [0.05, 0.1) is 11.7 Å². The Morgan fingerprint density at radius 2 is 2.04 bits per heavy atom. The summed E-state index contributed by atoms with van der Waals surface area (Å²) in [6.07, 6.45) is 5.01. The van der Waals surface area contributed by atoms with E-state index in [0.29, 0.717) is 29.7 Å². The molecule has 1 fully saturated rings. The minimum atomic E-state index is -0.225. The van der Waals surface area contributed by atoms with Crippen molar-refractivity contribution < 1.29 is 14.6 Å². The summed E-state index contributed by atoms with van der Waals surface area (Å²) >= 11 is 0. The monoisotopic (exact) mass is 326 g/mol. The molecule has 1 aliphatic rings. The molecule has 5 heteroatoms. The number of carbonyl (C=O) groups excluding carboxylic acids is 1. The van der Waals surface area contributed by atoms with Crippen molar-refractivity contribution in [2.75, 3.05) is 6.54 Å². The Labute approximate surface area is 141 Å². The smallest absolute Gasteiger partial charge is 0.252 e. The SMILES string of the molecule is O=C(NCC1CCCC(O)C1)c1ccc(Oc2ccccc2)nc1. The van der Waals surface area contributed by atoms with Gasteiger partial charge in [-0.2, -0.15) is 0 Å². The van der Waals surface area contributed by atoms with Gasteiger partial charge in [-0.05, 0) is 43.4 Å². The fourth-order valence-corrected chi connectivity index (χ4v) is 2.97. The Morgan fingerprint density at radius 3 is 2.75 bits per heavy atom. The highest BCUT2D eigenvalue weighted by Crippen LogP contribution is 2.23. The van der Waals surface area contributed by atoms with Crippen LogP contribution in [0.15, 0.2) is 48.7 Å². The quantitative estimate of drug-likeness (QED) is 0.885. The second-order valence-electron chi connectivity index (χ2n) is 6.20. The average Bonchev–Trinajstić information content (AvgIpc) is 2.61. The molecule has 0 radical (unpaired) electrons. The van der Waals surface area contributed by atoms with Crippen LogP contribution in [0.5, 0.6) is 11.6 Å². The summed E-state index contributed by atoms with van der Waals surface area (Å²) in [5.41, 5.74) is 0.506. The zero-order valence-corrected chi connectivity index (χ0v) is 13.5. The maximum absolute atomic E-state index is 12.2. The molecule has 1 aliphatic carbocycles. The molecule has 0 aliphatic heterocycles. The number of nitrogens with zero attached hydrogens (tertiary/aromatic N) is 1. The van der Waals surface area contributed by atoms with E-state index >= 15 is 0 Å². The molecule has 5 nitrogen and oxygen atoms in total. The Balaban J connectivity index is 1.52. The predicted molar refractivity (Wildman–Crippen MR) is 91.1 cm³/mol. The van der Waals surface area contributed by atoms with Crippen molar-refractivity contribution in [3.63, 3.8) is 0 Å². The Bertz CT molecular complexity index is 658. The van der Waals surface area contributed by atoms with Gasteiger partial charge in [-0.1, -0.05) is 24.6 Å². The van der Waals surface area contributed by atoms with Gasteiger partial charge < -0.3 is 15.2 Å². The number of aliphatic hydroxyl groups excluding tert-OH is 1. The van der Waals surface area contributed by atoms with E-state index in [2.05, 4.69) is 10.3 Å². The number of hydrogen-bond donors (Lipinski definition) is 2. The summed E-state index contributed by atoms with van der Waals surface area (Å²) in [6, 6.07) is 12.8. The number of hydrogen-bond acceptors (Lipinski definition) is 4. The Kier molecular flexibility index (Phi) is 5.43. The highest BCUT2D eigenvalue weighted by Gasteiger charge is 2.20. The highest BCUT2D eigenvalue weighted by atomic mass is 16.5. The average molecular weight is 326 g/mol. The third kappa shape index (κ3) is 4.55. The number of amides is 1. The molecule has 1 amide bonds. The number of aromatic nitrogens is 1. The maximum Gasteiger partial charge on any atom is 0.252 e. The van der Waals surface area contributed by atoms with Crippen molar-refractivity contribution in [2.45, 2.75) is 31.8 Å². The van der Waals surface area contributed by atoms with Gasteiger partial charge in [-0.15, -0.1) is 0 Å². The van der Waals surface area contributed by atoms with Gasteiger partial charge in [0.25, 0.3) is 5.91 Å². The van der Waals surface area contributed by atoms with Gasteiger partial charge in [0, 0.05) is 18.8 Å². The van der Waals surface area contributed by atoms with Gasteiger partial charge in [0.2, 0.25) is 5.88 Å². The third-order valence-electron chi connectivity index (χ3n) is 4.27. The van der Waals surface area contributed by atoms with Crippen molar-refractivity contribution in [2.24, 2.45) is 5.92 Å². The molecule has 1 heterocycles. The van der Waals surface area contributed by atoms with E-state index in [4.69, 9.17) is 4.74 Å². The van der Waals surface area contributed by atoms with Crippen molar-refractivity contribution in [1.29, 1.82) is 0 Å². The van der Waals surface area contributed by atoms with Crippen LogP contribution in [-0.2, 0) is 0 Å². The fourth-order valence-electron chi connectivity index (χ4n) is 2.97. The molecule has 2 atom stereocenters. The minimum absolute atomic E-state index is 0.145. The van der Waals surface area contributed by atoms with Crippen LogP contribution >= 0.6 is 0 Å². The largest absolute Gasteiger partial charge is 0.439 e. The van der Waals surface area contributed by atoms with Crippen molar-refractivity contribution >= 4 is 5.91 Å². The molecule has 2 aromatic rings. The van der Waals surface area contributed by atoms with E-state index in [1.165, 1.54) is 6.20 Å². The lowest BCUT2D eigenvalue weighted by Crippen LogP contribution is -2.33. The molecule has 0 saturated heterocycles. The first kappa shape index (κ1) is 16.5. The molecule has 0 bridgehead atoms. The molecular formula is C19H22N2O3. The van der Waals surface area contributed by atoms with Crippen LogP contribution < -0.4 is 10.1 Å². The molecule has 2 N–H and O–H groups in total. The second kappa shape index (κ2) is 7.93. The van der Waals surface area contributed by atoms with Crippen LogP contribution in [0.3, 0.4) is 0 Å². The van der Waals surface area contributed by atoms with Crippen LogP contribution in [0.4, 0.5) is 0 Å². The number of nitrogens with one attached hydrogen (secondary N) is 1. The van der Waals surface area contributed by atoms with Crippen LogP contribution in [0.25, 0.3) is 0 Å². The molecule has 1 saturated carbocycles. The lowest BCUT2D eigenvalue weighted by atomic mass is 9.87. The van der Waals surface area contributed by atoms with E-state index in [-0.39, 0.29) is 12.0 Å². The molecule has 0 spiro atoms. The van der Waals surface area contributed by atoms with E-state index in [1.54, 1.807) is 12.1 Å². The molecule has 24 heavy (non-hydrogen) atoms. The summed E-state index contributed by atoms with van der Waals surface area (Å²) in [4.78, 5) is 16.4. The molecule has 1 aromatic carbocycles. The van der Waals surface area contributed by atoms with Gasteiger partial charge in [0.1, 0.15) is 5.75 Å². The van der Waals surface area contributed by atoms with Crippen molar-refractivity contribution in [3.8, 4) is 11.6 Å². The summed E-state index contributed by atoms with van der Waals surface area (Å²) < 4.78 is 5.61. The van der Waals surface area contributed by atoms with E-state index in [0.717, 1.165) is 25.7 Å². The number of rotatable bonds is 5. The second-order valence-corrected chi connectivity index (χ2v) is 6.20. The van der Waals surface area contributed by atoms with Crippen molar-refractivity contribution in [3.05, 3.63) is 54.2 Å². The topological polar surface area (TPSA) is 71.5 Å². The first-order valence-corrected chi connectivity index (χ1v) is 8.36. The maximum atomic E-state index is 12.2. The summed E-state index contributed by atoms with van der Waals surface area (Å²) in [5.74, 6) is 1.37. The lowest BCUT2D eigenvalue weighted by Gasteiger charge is -2.25. The number of pyridine rings is 1. The number of carbonyl (C=O) groups is 1. The van der Waals surface area contributed by atoms with Crippen LogP contribution in [-0.4, -0.2) is 28.6 Å². The zero-order chi connectivity index (χ0) is 16.8. The molecule has 1 aromatic heterocycles. The summed E-state index contributed by atoms with van der Waals surface area (Å²) in [7, 11) is 0. The summed E-state index contributed by atoms with van der Waals surface area (Å²) in [5, 5.41) is 12.6. The highest BCUT2D eigenvalue weighted by molar-refractivity contribution is 5.93. The molecule has 126 valence electrons. The van der Waals surface area contributed by atoms with Crippen molar-refractivity contribution in [1.82, 2.24) is 10.3 Å². The third-order valence-corrected chi connectivity index (χ3v) is 4.27. The number of aliphatic hydroxyl groups is 1. The normalized spacial score (nSPS) is 20.4. The number of para-hydroxylation sites is 1. The minimum Gasteiger partial charge on any atom is -0.439 e. The number of benzene rings is 1. The van der Waals surface area contributed by atoms with Crippen LogP contribution in [0.2, 0.25) is 0 Å². The first-order valence-electron chi connectivity index (χ1n) is 8.36. The standard InChI is InChI=1S/C19H22N2O3/c22-16-6-4-5-14(11-16)12-21-19(23)15-9-10-18(20-13-15)24-17-7-2-1-3-8-17/h1-3,7-10,13-14,16,22H,4-6,11-12H2,(H,21,23). The first-order chi connectivity index (χ1) is 11.7. The molecule has 2 unspecified atom stereocenters. The summed E-state index contributed by atoms with van der Waals surface area (Å²) in [6.45, 7) is 0.595. The van der Waals surface area contributed by atoms with Gasteiger partial charge in [0.15, 0.2) is 0 Å². The van der Waals surface area contributed by atoms with Crippen LogP contribution in [0, 0.1) is 5.92 Å². The predicted octanol–water partition coefficient (Wildman–Crippen LogP) is 3.15. The Morgan fingerprint density at radius 1 is 1.21 bits per heavy atom.